The molecule has 1 unspecified atom stereocenters. The molecular formula is C11H14N2O2. The van der Waals surface area contributed by atoms with Crippen molar-refractivity contribution in [3.8, 4) is 0 Å². The van der Waals surface area contributed by atoms with Gasteiger partial charge in [0.1, 0.15) is 5.82 Å². The quantitative estimate of drug-likeness (QED) is 0.801. The molecule has 0 radical (unpaired) electrons. The molecule has 1 aromatic heterocycles. The van der Waals surface area contributed by atoms with E-state index in [1.54, 1.807) is 12.3 Å². The van der Waals surface area contributed by atoms with E-state index >= 15 is 0 Å². The third kappa shape index (κ3) is 1.93. The van der Waals surface area contributed by atoms with E-state index in [1.807, 2.05) is 0 Å². The minimum Gasteiger partial charge on any atom is -0.478 e. The smallest absolute Gasteiger partial charge is 0.335 e. The summed E-state index contributed by atoms with van der Waals surface area (Å²) in [6.07, 6.45) is 3.86. The summed E-state index contributed by atoms with van der Waals surface area (Å²) < 4.78 is 0. The normalized spacial score (nSPS) is 20.6. The van der Waals surface area contributed by atoms with Crippen LogP contribution in [0.25, 0.3) is 0 Å². The Labute approximate surface area is 88.6 Å². The van der Waals surface area contributed by atoms with E-state index in [-0.39, 0.29) is 0 Å². The summed E-state index contributed by atoms with van der Waals surface area (Å²) in [5.74, 6) is -0.120. The van der Waals surface area contributed by atoms with E-state index in [4.69, 9.17) is 5.11 Å². The summed E-state index contributed by atoms with van der Waals surface area (Å²) in [4.78, 5) is 17.2. The van der Waals surface area contributed by atoms with E-state index in [0.717, 1.165) is 25.2 Å². The van der Waals surface area contributed by atoms with E-state index in [9.17, 15) is 4.79 Å². The number of carbonyl (C=O) groups is 1. The molecule has 1 N–H and O–H groups in total. The molecular weight excluding hydrogens is 192 g/mol. The molecule has 2 rings (SSSR count). The number of nitrogens with zero attached hydrogens (tertiary/aromatic N) is 2. The fraction of sp³-hybridized carbons (Fsp3) is 0.455. The van der Waals surface area contributed by atoms with Gasteiger partial charge in [-0.1, -0.05) is 0 Å². The molecule has 1 atom stereocenters. The van der Waals surface area contributed by atoms with Crippen molar-refractivity contribution < 1.29 is 9.90 Å². The molecule has 1 saturated heterocycles. The molecule has 4 nitrogen and oxygen atoms in total. The molecule has 0 aliphatic carbocycles. The van der Waals surface area contributed by atoms with Crippen LogP contribution in [-0.2, 0) is 0 Å². The first-order valence-electron chi connectivity index (χ1n) is 5.14. The first-order chi connectivity index (χ1) is 7.18. The topological polar surface area (TPSA) is 53.4 Å². The van der Waals surface area contributed by atoms with Crippen molar-refractivity contribution in [2.75, 3.05) is 11.4 Å². The highest BCUT2D eigenvalue weighted by Crippen LogP contribution is 2.23. The number of pyridine rings is 1. The number of aromatic carboxylic acids is 1. The van der Waals surface area contributed by atoms with Crippen molar-refractivity contribution in [3.63, 3.8) is 0 Å². The van der Waals surface area contributed by atoms with Gasteiger partial charge in [0.05, 0.1) is 5.56 Å². The Kier molecular flexibility index (Phi) is 2.58. The lowest BCUT2D eigenvalue weighted by atomic mass is 10.2. The Balaban J connectivity index is 2.28. The first-order valence-corrected chi connectivity index (χ1v) is 5.14. The van der Waals surface area contributed by atoms with Gasteiger partial charge in [-0.3, -0.25) is 0 Å². The average Bonchev–Trinajstić information content (AvgIpc) is 2.64. The van der Waals surface area contributed by atoms with Gasteiger partial charge in [0.2, 0.25) is 0 Å². The molecule has 2 heterocycles. The zero-order valence-corrected chi connectivity index (χ0v) is 8.68. The molecule has 80 valence electrons. The van der Waals surface area contributed by atoms with Gasteiger partial charge in [0.25, 0.3) is 0 Å². The molecule has 0 bridgehead atoms. The zero-order chi connectivity index (χ0) is 10.8. The molecule has 1 fully saturated rings. The van der Waals surface area contributed by atoms with Crippen LogP contribution < -0.4 is 4.90 Å². The van der Waals surface area contributed by atoms with Crippen molar-refractivity contribution in [1.29, 1.82) is 0 Å². The van der Waals surface area contributed by atoms with Gasteiger partial charge in [-0.05, 0) is 31.9 Å². The Morgan fingerprint density at radius 1 is 1.67 bits per heavy atom. The molecule has 0 saturated carbocycles. The van der Waals surface area contributed by atoms with Crippen LogP contribution in [-0.4, -0.2) is 28.6 Å². The second kappa shape index (κ2) is 3.88. The summed E-state index contributed by atoms with van der Waals surface area (Å²) in [5.41, 5.74) is 0.305. The first kappa shape index (κ1) is 9.96. The number of rotatable bonds is 2. The minimum absolute atomic E-state index is 0.305. The highest BCUT2D eigenvalue weighted by molar-refractivity contribution is 5.88. The van der Waals surface area contributed by atoms with E-state index in [0.29, 0.717) is 11.6 Å². The van der Waals surface area contributed by atoms with Crippen LogP contribution in [0.15, 0.2) is 18.3 Å². The van der Waals surface area contributed by atoms with Crippen LogP contribution in [0.4, 0.5) is 5.82 Å². The SMILES string of the molecule is CC1CCCN1c1cc(C(=O)O)ccn1. The second-order valence-corrected chi connectivity index (χ2v) is 3.89. The largest absolute Gasteiger partial charge is 0.478 e. The van der Waals surface area contributed by atoms with Crippen molar-refractivity contribution in [2.24, 2.45) is 0 Å². The molecule has 1 aromatic rings. The Morgan fingerprint density at radius 2 is 2.47 bits per heavy atom. The predicted molar refractivity (Wildman–Crippen MR) is 57.2 cm³/mol. The van der Waals surface area contributed by atoms with E-state index in [2.05, 4.69) is 16.8 Å². The molecule has 0 amide bonds. The fourth-order valence-electron chi connectivity index (χ4n) is 1.98. The zero-order valence-electron chi connectivity index (χ0n) is 8.68. The summed E-state index contributed by atoms with van der Waals surface area (Å²) >= 11 is 0. The third-order valence-electron chi connectivity index (χ3n) is 2.84. The van der Waals surface area contributed by atoms with Crippen LogP contribution >= 0.6 is 0 Å². The summed E-state index contributed by atoms with van der Waals surface area (Å²) in [5, 5.41) is 8.87. The standard InChI is InChI=1S/C11H14N2O2/c1-8-3-2-6-13(8)10-7-9(11(14)15)4-5-12-10/h4-5,7-8H,2-3,6H2,1H3,(H,14,15). The monoisotopic (exact) mass is 206 g/mol. The predicted octanol–water partition coefficient (Wildman–Crippen LogP) is 1.77. The van der Waals surface area contributed by atoms with Crippen LogP contribution in [0.2, 0.25) is 0 Å². The number of aromatic nitrogens is 1. The van der Waals surface area contributed by atoms with Crippen LogP contribution in [0, 0.1) is 0 Å². The minimum atomic E-state index is -0.898. The maximum Gasteiger partial charge on any atom is 0.335 e. The lowest BCUT2D eigenvalue weighted by Crippen LogP contribution is -2.27. The molecule has 4 heteroatoms. The molecule has 0 aromatic carbocycles. The number of carboxylic acid groups (broad SMARTS) is 1. The second-order valence-electron chi connectivity index (χ2n) is 3.89. The van der Waals surface area contributed by atoms with Gasteiger partial charge < -0.3 is 10.0 Å². The van der Waals surface area contributed by atoms with Crippen molar-refractivity contribution >= 4 is 11.8 Å². The van der Waals surface area contributed by atoms with Gasteiger partial charge in [-0.2, -0.15) is 0 Å². The Hall–Kier alpha value is -1.58. The van der Waals surface area contributed by atoms with Crippen LogP contribution in [0.1, 0.15) is 30.1 Å². The van der Waals surface area contributed by atoms with Gasteiger partial charge in [-0.15, -0.1) is 0 Å². The van der Waals surface area contributed by atoms with E-state index < -0.39 is 5.97 Å². The van der Waals surface area contributed by atoms with E-state index in [1.165, 1.54) is 6.07 Å². The third-order valence-corrected chi connectivity index (χ3v) is 2.84. The maximum atomic E-state index is 10.8. The molecule has 1 aliphatic heterocycles. The summed E-state index contributed by atoms with van der Waals surface area (Å²) in [7, 11) is 0. The molecule has 0 spiro atoms. The summed E-state index contributed by atoms with van der Waals surface area (Å²) in [6.45, 7) is 3.11. The number of hydrogen-bond acceptors (Lipinski definition) is 3. The average molecular weight is 206 g/mol. The molecule has 15 heavy (non-hydrogen) atoms. The Morgan fingerprint density at radius 3 is 3.07 bits per heavy atom. The number of carboxylic acids is 1. The van der Waals surface area contributed by atoms with Crippen molar-refractivity contribution in [3.05, 3.63) is 23.9 Å². The van der Waals surface area contributed by atoms with Gasteiger partial charge in [-0.25, -0.2) is 9.78 Å². The Bertz CT molecular complexity index is 379. The highest BCUT2D eigenvalue weighted by atomic mass is 16.4. The maximum absolute atomic E-state index is 10.8. The van der Waals surface area contributed by atoms with Crippen LogP contribution in [0.3, 0.4) is 0 Å². The summed E-state index contributed by atoms with van der Waals surface area (Å²) in [6, 6.07) is 3.62. The van der Waals surface area contributed by atoms with Gasteiger partial charge in [0.15, 0.2) is 0 Å². The van der Waals surface area contributed by atoms with Crippen LogP contribution in [0.5, 0.6) is 0 Å². The van der Waals surface area contributed by atoms with Gasteiger partial charge in [0, 0.05) is 18.8 Å². The van der Waals surface area contributed by atoms with Gasteiger partial charge >= 0.3 is 5.97 Å². The van der Waals surface area contributed by atoms with Crippen molar-refractivity contribution in [1.82, 2.24) is 4.98 Å². The lowest BCUT2D eigenvalue weighted by molar-refractivity contribution is 0.0697. The van der Waals surface area contributed by atoms with Crippen molar-refractivity contribution in [2.45, 2.75) is 25.8 Å². The highest BCUT2D eigenvalue weighted by Gasteiger charge is 2.21. The fourth-order valence-corrected chi connectivity index (χ4v) is 1.98. The lowest BCUT2D eigenvalue weighted by Gasteiger charge is -2.22. The molecule has 1 aliphatic rings. The number of anilines is 1. The number of hydrogen-bond donors (Lipinski definition) is 1.